The summed E-state index contributed by atoms with van der Waals surface area (Å²) in [5.41, 5.74) is 0. The smallest absolute Gasteiger partial charge is 0.236 e. The van der Waals surface area contributed by atoms with Gasteiger partial charge in [-0.25, -0.2) is 8.42 Å². The van der Waals surface area contributed by atoms with E-state index >= 15 is 0 Å². The minimum absolute atomic E-state index is 0.156. The van der Waals surface area contributed by atoms with Gasteiger partial charge in [-0.15, -0.1) is 0 Å². The summed E-state index contributed by atoms with van der Waals surface area (Å²) in [7, 11) is -3.20. The van der Waals surface area contributed by atoms with Crippen LogP contribution in [0.15, 0.2) is 23.6 Å². The van der Waals surface area contributed by atoms with E-state index in [4.69, 9.17) is 0 Å². The van der Waals surface area contributed by atoms with Gasteiger partial charge in [0.15, 0.2) is 0 Å². The maximum Gasteiger partial charge on any atom is 0.236 e. The van der Waals surface area contributed by atoms with Crippen LogP contribution in [-0.4, -0.2) is 38.4 Å². The second kappa shape index (κ2) is 4.47. The molecule has 0 aliphatic carbocycles. The standard InChI is InChI=1S/C10H16N2O2S/c13-15(14)9-3-1-2-8-12(15)10-4-6-11-7-5-10/h1-3,9-11H,4-8H2. The Kier molecular flexibility index (Phi) is 3.23. The number of nitrogens with one attached hydrogen (secondary N) is 1. The van der Waals surface area contributed by atoms with E-state index in [0.717, 1.165) is 25.9 Å². The van der Waals surface area contributed by atoms with Crippen LogP contribution in [0.5, 0.6) is 0 Å². The molecule has 1 saturated heterocycles. The van der Waals surface area contributed by atoms with Crippen LogP contribution in [-0.2, 0) is 10.0 Å². The van der Waals surface area contributed by atoms with Crippen molar-refractivity contribution >= 4 is 10.0 Å². The minimum Gasteiger partial charge on any atom is -0.317 e. The lowest BCUT2D eigenvalue weighted by Gasteiger charge is -2.31. The fourth-order valence-electron chi connectivity index (χ4n) is 2.02. The number of hydrogen-bond donors (Lipinski definition) is 1. The van der Waals surface area contributed by atoms with E-state index in [1.54, 1.807) is 16.5 Å². The highest BCUT2D eigenvalue weighted by molar-refractivity contribution is 7.92. The van der Waals surface area contributed by atoms with Crippen LogP contribution >= 0.6 is 0 Å². The summed E-state index contributed by atoms with van der Waals surface area (Å²) < 4.78 is 25.4. The molecule has 0 atom stereocenters. The minimum atomic E-state index is -3.20. The summed E-state index contributed by atoms with van der Waals surface area (Å²) in [6.45, 7) is 2.31. The number of rotatable bonds is 1. The maximum atomic E-state index is 11.9. The van der Waals surface area contributed by atoms with Crippen LogP contribution in [0.2, 0.25) is 0 Å². The Morgan fingerprint density at radius 3 is 2.67 bits per heavy atom. The number of piperidine rings is 1. The third-order valence-corrected chi connectivity index (χ3v) is 4.43. The summed E-state index contributed by atoms with van der Waals surface area (Å²) in [6.07, 6.45) is 7.08. The SMILES string of the molecule is O=S1(=O)C=CC=CCN1C1CCNCC1. The summed E-state index contributed by atoms with van der Waals surface area (Å²) in [6, 6.07) is 0.156. The Hall–Kier alpha value is -0.650. The molecule has 15 heavy (non-hydrogen) atoms. The van der Waals surface area contributed by atoms with Crippen LogP contribution in [0.4, 0.5) is 0 Å². The lowest BCUT2D eigenvalue weighted by Crippen LogP contribution is -2.45. The molecular weight excluding hydrogens is 212 g/mol. The molecule has 1 N–H and O–H groups in total. The third kappa shape index (κ3) is 2.48. The van der Waals surface area contributed by atoms with Gasteiger partial charge in [0.1, 0.15) is 0 Å². The Balaban J connectivity index is 2.18. The number of hydrogen-bond acceptors (Lipinski definition) is 3. The van der Waals surface area contributed by atoms with Gasteiger partial charge >= 0.3 is 0 Å². The van der Waals surface area contributed by atoms with Crippen molar-refractivity contribution in [1.29, 1.82) is 0 Å². The zero-order chi connectivity index (χ0) is 10.7. The van der Waals surface area contributed by atoms with Crippen molar-refractivity contribution < 1.29 is 8.42 Å². The van der Waals surface area contributed by atoms with E-state index < -0.39 is 10.0 Å². The van der Waals surface area contributed by atoms with E-state index in [1.165, 1.54) is 5.41 Å². The van der Waals surface area contributed by atoms with Gasteiger partial charge in [0.05, 0.1) is 0 Å². The summed E-state index contributed by atoms with van der Waals surface area (Å²) in [5, 5.41) is 4.53. The van der Waals surface area contributed by atoms with Gasteiger partial charge in [0, 0.05) is 18.0 Å². The third-order valence-electron chi connectivity index (χ3n) is 2.83. The van der Waals surface area contributed by atoms with Gasteiger partial charge in [-0.1, -0.05) is 12.2 Å². The van der Waals surface area contributed by atoms with Gasteiger partial charge in [0.25, 0.3) is 0 Å². The molecule has 2 aliphatic rings. The molecule has 0 radical (unpaired) electrons. The van der Waals surface area contributed by atoms with Crippen molar-refractivity contribution in [3.63, 3.8) is 0 Å². The van der Waals surface area contributed by atoms with Crippen molar-refractivity contribution in [2.45, 2.75) is 18.9 Å². The predicted molar refractivity (Wildman–Crippen MR) is 59.8 cm³/mol. The maximum absolute atomic E-state index is 11.9. The molecule has 2 rings (SSSR count). The average molecular weight is 228 g/mol. The van der Waals surface area contributed by atoms with Crippen molar-refractivity contribution in [2.24, 2.45) is 0 Å². The fourth-order valence-corrected chi connectivity index (χ4v) is 3.39. The molecule has 0 aromatic rings. The molecule has 5 heteroatoms. The van der Waals surface area contributed by atoms with E-state index in [9.17, 15) is 8.42 Å². The van der Waals surface area contributed by atoms with Gasteiger partial charge in [-0.05, 0) is 32.0 Å². The molecule has 2 heterocycles. The average Bonchev–Trinajstić information content (AvgIpc) is 2.40. The fraction of sp³-hybridized carbons (Fsp3) is 0.600. The first-order valence-corrected chi connectivity index (χ1v) is 6.76. The van der Waals surface area contributed by atoms with Gasteiger partial charge < -0.3 is 5.32 Å². The van der Waals surface area contributed by atoms with Crippen LogP contribution in [0.3, 0.4) is 0 Å². The Labute approximate surface area is 90.7 Å². The lowest BCUT2D eigenvalue weighted by molar-refractivity contribution is 0.282. The lowest BCUT2D eigenvalue weighted by atomic mass is 10.1. The number of sulfonamides is 1. The molecule has 0 aromatic heterocycles. The monoisotopic (exact) mass is 228 g/mol. The molecule has 0 bridgehead atoms. The van der Waals surface area contributed by atoms with Crippen LogP contribution in [0.25, 0.3) is 0 Å². The molecule has 1 fully saturated rings. The zero-order valence-corrected chi connectivity index (χ0v) is 9.41. The van der Waals surface area contributed by atoms with Crippen molar-refractivity contribution in [3.05, 3.63) is 23.6 Å². The van der Waals surface area contributed by atoms with E-state index in [2.05, 4.69) is 5.32 Å². The summed E-state index contributed by atoms with van der Waals surface area (Å²) >= 11 is 0. The van der Waals surface area contributed by atoms with Crippen molar-refractivity contribution in [2.75, 3.05) is 19.6 Å². The molecule has 4 nitrogen and oxygen atoms in total. The Morgan fingerprint density at radius 1 is 1.20 bits per heavy atom. The molecule has 0 aromatic carbocycles. The first kappa shape index (κ1) is 10.9. The molecule has 84 valence electrons. The van der Waals surface area contributed by atoms with Gasteiger partial charge in [0.2, 0.25) is 10.0 Å². The van der Waals surface area contributed by atoms with Crippen molar-refractivity contribution in [1.82, 2.24) is 9.62 Å². The van der Waals surface area contributed by atoms with Gasteiger partial charge in [-0.3, -0.25) is 0 Å². The second-order valence-corrected chi connectivity index (χ2v) is 5.62. The first-order valence-electron chi connectivity index (χ1n) is 5.26. The normalized spacial score (nSPS) is 27.7. The van der Waals surface area contributed by atoms with E-state index in [1.807, 2.05) is 6.08 Å². The highest BCUT2D eigenvalue weighted by Crippen LogP contribution is 2.18. The summed E-state index contributed by atoms with van der Waals surface area (Å²) in [4.78, 5) is 0. The zero-order valence-electron chi connectivity index (χ0n) is 8.59. The number of nitrogens with zero attached hydrogens (tertiary/aromatic N) is 1. The molecular formula is C10H16N2O2S. The molecule has 2 aliphatic heterocycles. The highest BCUT2D eigenvalue weighted by atomic mass is 32.2. The Morgan fingerprint density at radius 2 is 1.93 bits per heavy atom. The number of allylic oxidation sites excluding steroid dienone is 2. The topological polar surface area (TPSA) is 49.4 Å². The predicted octanol–water partition coefficient (Wildman–Crippen LogP) is 0.454. The van der Waals surface area contributed by atoms with Gasteiger partial charge in [-0.2, -0.15) is 4.31 Å². The molecule has 0 saturated carbocycles. The van der Waals surface area contributed by atoms with Crippen LogP contribution < -0.4 is 5.32 Å². The molecule has 0 amide bonds. The quantitative estimate of drug-likeness (QED) is 0.709. The van der Waals surface area contributed by atoms with E-state index in [0.29, 0.717) is 6.54 Å². The highest BCUT2D eigenvalue weighted by Gasteiger charge is 2.28. The first-order chi connectivity index (χ1) is 7.20. The van der Waals surface area contributed by atoms with Crippen molar-refractivity contribution in [3.8, 4) is 0 Å². The van der Waals surface area contributed by atoms with Crippen LogP contribution in [0, 0.1) is 0 Å². The van der Waals surface area contributed by atoms with Crippen LogP contribution in [0.1, 0.15) is 12.8 Å². The largest absolute Gasteiger partial charge is 0.317 e. The summed E-state index contributed by atoms with van der Waals surface area (Å²) in [5.74, 6) is 0. The molecule has 0 unspecified atom stereocenters. The second-order valence-electron chi connectivity index (χ2n) is 3.85. The molecule has 0 spiro atoms. The van der Waals surface area contributed by atoms with E-state index in [-0.39, 0.29) is 6.04 Å². The Bertz CT molecular complexity index is 367.